The molecule has 0 unspecified atom stereocenters. The van der Waals surface area contributed by atoms with Crippen LogP contribution in [-0.2, 0) is 6.42 Å². The number of thiophene rings is 1. The molecular formula is C14H12N2O2S. The fourth-order valence-corrected chi connectivity index (χ4v) is 3.52. The maximum absolute atomic E-state index is 5.87. The molecule has 96 valence electrons. The number of benzene rings is 1. The van der Waals surface area contributed by atoms with Crippen LogP contribution in [0.25, 0.3) is 22.1 Å². The minimum atomic E-state index is 0.404. The van der Waals surface area contributed by atoms with E-state index in [9.17, 15) is 0 Å². The van der Waals surface area contributed by atoms with Crippen LogP contribution in [0.2, 0.25) is 0 Å². The van der Waals surface area contributed by atoms with Crippen LogP contribution in [-0.4, -0.2) is 11.8 Å². The van der Waals surface area contributed by atoms with Crippen LogP contribution >= 0.6 is 11.3 Å². The van der Waals surface area contributed by atoms with Crippen molar-refractivity contribution >= 4 is 28.1 Å². The zero-order valence-corrected chi connectivity index (χ0v) is 11.2. The Hall–Kier alpha value is -2.01. The molecular weight excluding hydrogens is 260 g/mol. The first-order valence-electron chi connectivity index (χ1n) is 6.12. The van der Waals surface area contributed by atoms with E-state index in [4.69, 9.17) is 15.0 Å². The van der Waals surface area contributed by atoms with Gasteiger partial charge in [0.15, 0.2) is 11.4 Å². The summed E-state index contributed by atoms with van der Waals surface area (Å²) in [7, 11) is 0. The molecule has 4 rings (SSSR count). The molecule has 0 spiro atoms. The standard InChI is InChI=1S/C14H12N2O2S/c1-7-5-19-6-10(7)9-4-11-12(14(15)16-18-11)13-8(9)2-3-17-13/h4-6H,2-3H2,1H3,(H2,15,16). The number of aryl methyl sites for hydroxylation is 1. The molecule has 1 aromatic carbocycles. The molecule has 0 saturated heterocycles. The van der Waals surface area contributed by atoms with E-state index < -0.39 is 0 Å². The third-order valence-electron chi connectivity index (χ3n) is 3.59. The van der Waals surface area contributed by atoms with Gasteiger partial charge < -0.3 is 15.0 Å². The molecule has 0 bridgehead atoms. The van der Waals surface area contributed by atoms with Crippen molar-refractivity contribution in [2.24, 2.45) is 0 Å². The van der Waals surface area contributed by atoms with Crippen molar-refractivity contribution in [1.82, 2.24) is 5.16 Å². The van der Waals surface area contributed by atoms with Gasteiger partial charge in [0.2, 0.25) is 0 Å². The number of rotatable bonds is 1. The van der Waals surface area contributed by atoms with Crippen LogP contribution in [0.4, 0.5) is 5.82 Å². The van der Waals surface area contributed by atoms with Gasteiger partial charge in [-0.15, -0.1) is 0 Å². The Morgan fingerprint density at radius 1 is 1.32 bits per heavy atom. The monoisotopic (exact) mass is 272 g/mol. The van der Waals surface area contributed by atoms with Gasteiger partial charge in [0.1, 0.15) is 11.1 Å². The summed E-state index contributed by atoms with van der Waals surface area (Å²) in [5.74, 6) is 1.25. The van der Waals surface area contributed by atoms with E-state index in [-0.39, 0.29) is 0 Å². The summed E-state index contributed by atoms with van der Waals surface area (Å²) < 4.78 is 11.1. The van der Waals surface area contributed by atoms with Crippen molar-refractivity contribution in [3.63, 3.8) is 0 Å². The fraction of sp³-hybridized carbons (Fsp3) is 0.214. The number of ether oxygens (including phenoxy) is 1. The quantitative estimate of drug-likeness (QED) is 0.737. The zero-order chi connectivity index (χ0) is 13.0. The molecule has 0 amide bonds. The van der Waals surface area contributed by atoms with Gasteiger partial charge in [-0.25, -0.2) is 0 Å². The Labute approximate surface area is 113 Å². The number of nitrogen functional groups attached to an aromatic ring is 1. The molecule has 3 aromatic rings. The van der Waals surface area contributed by atoms with E-state index in [1.165, 1.54) is 22.3 Å². The summed E-state index contributed by atoms with van der Waals surface area (Å²) in [6.07, 6.45) is 0.903. The Morgan fingerprint density at radius 3 is 3.00 bits per heavy atom. The highest BCUT2D eigenvalue weighted by atomic mass is 32.1. The van der Waals surface area contributed by atoms with Gasteiger partial charge in [0.05, 0.1) is 6.61 Å². The van der Waals surface area contributed by atoms with Crippen LogP contribution in [0.15, 0.2) is 21.3 Å². The minimum absolute atomic E-state index is 0.404. The molecule has 4 nitrogen and oxygen atoms in total. The predicted molar refractivity (Wildman–Crippen MR) is 75.7 cm³/mol. The number of aromatic nitrogens is 1. The SMILES string of the molecule is Cc1cscc1-c1cc2onc(N)c2c2c1CCO2. The summed E-state index contributed by atoms with van der Waals surface area (Å²) in [6, 6.07) is 2.03. The molecule has 2 aromatic heterocycles. The molecule has 2 N–H and O–H groups in total. The lowest BCUT2D eigenvalue weighted by atomic mass is 9.96. The largest absolute Gasteiger partial charge is 0.492 e. The second kappa shape index (κ2) is 3.74. The Morgan fingerprint density at radius 2 is 2.21 bits per heavy atom. The van der Waals surface area contributed by atoms with Crippen LogP contribution < -0.4 is 10.5 Å². The Kier molecular flexibility index (Phi) is 2.14. The first-order chi connectivity index (χ1) is 9.25. The van der Waals surface area contributed by atoms with Crippen molar-refractivity contribution in [2.45, 2.75) is 13.3 Å². The van der Waals surface area contributed by atoms with Gasteiger partial charge in [-0.05, 0) is 40.4 Å². The van der Waals surface area contributed by atoms with E-state index in [1.54, 1.807) is 11.3 Å². The minimum Gasteiger partial charge on any atom is -0.492 e. The van der Waals surface area contributed by atoms with Gasteiger partial charge >= 0.3 is 0 Å². The number of anilines is 1. The van der Waals surface area contributed by atoms with Crippen molar-refractivity contribution in [3.8, 4) is 16.9 Å². The highest BCUT2D eigenvalue weighted by Crippen LogP contribution is 2.44. The highest BCUT2D eigenvalue weighted by molar-refractivity contribution is 7.08. The van der Waals surface area contributed by atoms with E-state index in [0.717, 1.165) is 17.6 Å². The van der Waals surface area contributed by atoms with Gasteiger partial charge in [0.25, 0.3) is 0 Å². The molecule has 0 radical (unpaired) electrons. The van der Waals surface area contributed by atoms with Gasteiger partial charge in [0, 0.05) is 12.0 Å². The summed E-state index contributed by atoms with van der Waals surface area (Å²) >= 11 is 1.71. The molecule has 1 aliphatic heterocycles. The third kappa shape index (κ3) is 1.42. The zero-order valence-electron chi connectivity index (χ0n) is 10.4. The number of hydrogen-bond acceptors (Lipinski definition) is 5. The maximum atomic E-state index is 5.87. The summed E-state index contributed by atoms with van der Waals surface area (Å²) in [4.78, 5) is 0. The lowest BCUT2D eigenvalue weighted by Crippen LogP contribution is -1.89. The van der Waals surface area contributed by atoms with E-state index >= 15 is 0 Å². The molecule has 0 saturated carbocycles. The summed E-state index contributed by atoms with van der Waals surface area (Å²) in [5.41, 5.74) is 11.5. The van der Waals surface area contributed by atoms with Crippen molar-refractivity contribution in [2.75, 3.05) is 12.3 Å². The number of hydrogen-bond donors (Lipinski definition) is 1. The van der Waals surface area contributed by atoms with Gasteiger partial charge in [-0.3, -0.25) is 0 Å². The molecule has 0 atom stereocenters. The average Bonchev–Trinajstić information content (AvgIpc) is 3.08. The molecule has 3 heterocycles. The molecule has 1 aliphatic rings. The van der Waals surface area contributed by atoms with E-state index in [1.807, 2.05) is 6.07 Å². The van der Waals surface area contributed by atoms with E-state index in [0.29, 0.717) is 18.0 Å². The second-order valence-electron chi connectivity index (χ2n) is 4.74. The van der Waals surface area contributed by atoms with Crippen LogP contribution in [0, 0.1) is 6.92 Å². The lowest BCUT2D eigenvalue weighted by molar-refractivity contribution is 0.360. The van der Waals surface area contributed by atoms with Crippen molar-refractivity contribution < 1.29 is 9.26 Å². The van der Waals surface area contributed by atoms with Crippen molar-refractivity contribution in [3.05, 3.63) is 28.0 Å². The maximum Gasteiger partial charge on any atom is 0.178 e. The topological polar surface area (TPSA) is 61.3 Å². The summed E-state index contributed by atoms with van der Waals surface area (Å²) in [6.45, 7) is 2.81. The number of fused-ring (bicyclic) bond motifs is 3. The number of nitrogens with zero attached hydrogens (tertiary/aromatic N) is 1. The summed E-state index contributed by atoms with van der Waals surface area (Å²) in [5, 5.41) is 8.96. The first kappa shape index (κ1) is 10.9. The third-order valence-corrected chi connectivity index (χ3v) is 4.45. The Balaban J connectivity index is 2.10. The normalized spacial score (nSPS) is 13.7. The first-order valence-corrected chi connectivity index (χ1v) is 7.06. The highest BCUT2D eigenvalue weighted by Gasteiger charge is 2.25. The smallest absolute Gasteiger partial charge is 0.178 e. The number of nitrogens with two attached hydrogens (primary N) is 1. The molecule has 19 heavy (non-hydrogen) atoms. The lowest BCUT2D eigenvalue weighted by Gasteiger charge is -2.07. The molecule has 0 fully saturated rings. The molecule has 0 aliphatic carbocycles. The van der Waals surface area contributed by atoms with Gasteiger partial charge in [-0.2, -0.15) is 11.3 Å². The predicted octanol–water partition coefficient (Wildman–Crippen LogP) is 3.38. The fourth-order valence-electron chi connectivity index (χ4n) is 2.67. The van der Waals surface area contributed by atoms with E-state index in [2.05, 4.69) is 22.8 Å². The van der Waals surface area contributed by atoms with Crippen LogP contribution in [0.3, 0.4) is 0 Å². The average molecular weight is 272 g/mol. The Bertz CT molecular complexity index is 788. The van der Waals surface area contributed by atoms with Crippen molar-refractivity contribution in [1.29, 1.82) is 0 Å². The second-order valence-corrected chi connectivity index (χ2v) is 5.48. The van der Waals surface area contributed by atoms with Crippen LogP contribution in [0.1, 0.15) is 11.1 Å². The molecule has 5 heteroatoms. The van der Waals surface area contributed by atoms with Crippen LogP contribution in [0.5, 0.6) is 5.75 Å². The van der Waals surface area contributed by atoms with Gasteiger partial charge in [-0.1, -0.05) is 5.16 Å².